The van der Waals surface area contributed by atoms with E-state index in [1.807, 2.05) is 30.3 Å². The van der Waals surface area contributed by atoms with Crippen molar-refractivity contribution >= 4 is 16.9 Å². The minimum atomic E-state index is -0.589. The van der Waals surface area contributed by atoms with Crippen LogP contribution in [-0.4, -0.2) is 22.7 Å². The molecule has 3 rings (SSSR count). The smallest absolute Gasteiger partial charge is 0.306 e. The number of ether oxygens (including phenoxy) is 1. The van der Waals surface area contributed by atoms with Gasteiger partial charge in [-0.1, -0.05) is 42.5 Å². The van der Waals surface area contributed by atoms with E-state index in [1.165, 1.54) is 0 Å². The number of rotatable bonds is 5. The molecular formula is C20H19NO4. The largest absolute Gasteiger partial charge is 0.507 e. The quantitative estimate of drug-likeness (QED) is 0.700. The van der Waals surface area contributed by atoms with Crippen molar-refractivity contribution in [2.24, 2.45) is 0 Å². The summed E-state index contributed by atoms with van der Waals surface area (Å²) < 4.78 is 5.05. The van der Waals surface area contributed by atoms with Crippen molar-refractivity contribution in [3.05, 3.63) is 76.1 Å². The van der Waals surface area contributed by atoms with E-state index in [-0.39, 0.29) is 24.3 Å². The topological polar surface area (TPSA) is 79.4 Å². The van der Waals surface area contributed by atoms with Gasteiger partial charge in [0.15, 0.2) is 0 Å². The van der Waals surface area contributed by atoms with E-state index in [0.717, 1.165) is 5.56 Å². The number of aromatic hydroxyl groups is 1. The molecule has 2 N–H and O–H groups in total. The van der Waals surface area contributed by atoms with Gasteiger partial charge in [-0.25, -0.2) is 0 Å². The van der Waals surface area contributed by atoms with Gasteiger partial charge in [-0.05, 0) is 24.6 Å². The summed E-state index contributed by atoms with van der Waals surface area (Å²) in [5.41, 5.74) is 1.09. The number of nitrogens with one attached hydrogen (secondary N) is 1. The molecule has 0 aliphatic carbocycles. The van der Waals surface area contributed by atoms with Crippen molar-refractivity contribution in [3.8, 4) is 5.75 Å². The fourth-order valence-electron chi connectivity index (χ4n) is 3.02. The zero-order chi connectivity index (χ0) is 17.8. The lowest BCUT2D eigenvalue weighted by atomic mass is 9.88. The minimum Gasteiger partial charge on any atom is -0.507 e. The summed E-state index contributed by atoms with van der Waals surface area (Å²) in [7, 11) is 0. The number of aromatic amines is 1. The lowest BCUT2D eigenvalue weighted by Crippen LogP contribution is -2.20. The first kappa shape index (κ1) is 16.8. The number of carbonyl (C=O) groups excluding carboxylic acids is 1. The number of pyridine rings is 1. The maximum atomic E-state index is 12.6. The number of hydrogen-bond donors (Lipinski definition) is 2. The van der Waals surface area contributed by atoms with Gasteiger partial charge in [-0.15, -0.1) is 0 Å². The van der Waals surface area contributed by atoms with Crippen LogP contribution < -0.4 is 5.56 Å². The van der Waals surface area contributed by atoms with Gasteiger partial charge < -0.3 is 14.8 Å². The molecule has 0 aliphatic rings. The Kier molecular flexibility index (Phi) is 4.84. The monoisotopic (exact) mass is 337 g/mol. The maximum Gasteiger partial charge on any atom is 0.306 e. The molecule has 0 fully saturated rings. The van der Waals surface area contributed by atoms with E-state index in [1.54, 1.807) is 31.2 Å². The standard InChI is InChI=1S/C20H19NO4/c1-2-25-17(22)12-15(13-8-4-3-5-9-13)18-19(23)14-10-6-7-11-16(14)21-20(18)24/h3-11,15H,2,12H2,1H3,(H2,21,23,24). The molecule has 1 aromatic heterocycles. The highest BCUT2D eigenvalue weighted by Crippen LogP contribution is 2.35. The number of H-pyrrole nitrogens is 1. The number of hydrogen-bond acceptors (Lipinski definition) is 4. The highest BCUT2D eigenvalue weighted by molar-refractivity contribution is 5.86. The van der Waals surface area contributed by atoms with Gasteiger partial charge >= 0.3 is 5.97 Å². The molecule has 0 saturated carbocycles. The van der Waals surface area contributed by atoms with Crippen molar-refractivity contribution < 1.29 is 14.6 Å². The predicted octanol–water partition coefficient (Wildman–Crippen LogP) is 3.32. The molecule has 1 atom stereocenters. The van der Waals surface area contributed by atoms with E-state index in [9.17, 15) is 14.7 Å². The molecule has 3 aromatic rings. The van der Waals surface area contributed by atoms with Gasteiger partial charge in [-0.2, -0.15) is 0 Å². The van der Waals surface area contributed by atoms with Crippen LogP contribution in [0, 0.1) is 0 Å². The van der Waals surface area contributed by atoms with Crippen LogP contribution in [0.2, 0.25) is 0 Å². The summed E-state index contributed by atoms with van der Waals surface area (Å²) >= 11 is 0. The second-order valence-electron chi connectivity index (χ2n) is 5.73. The molecule has 2 aromatic carbocycles. The van der Waals surface area contributed by atoms with Crippen molar-refractivity contribution in [2.45, 2.75) is 19.3 Å². The van der Waals surface area contributed by atoms with Gasteiger partial charge in [0.1, 0.15) is 5.75 Å². The Morgan fingerprint density at radius 1 is 1.12 bits per heavy atom. The second kappa shape index (κ2) is 7.21. The number of carbonyl (C=O) groups is 1. The Balaban J connectivity index is 2.17. The van der Waals surface area contributed by atoms with E-state index < -0.39 is 17.4 Å². The van der Waals surface area contributed by atoms with Crippen LogP contribution in [0.3, 0.4) is 0 Å². The van der Waals surface area contributed by atoms with Crippen LogP contribution in [0.4, 0.5) is 0 Å². The molecule has 0 aliphatic heterocycles. The van der Waals surface area contributed by atoms with Crippen LogP contribution in [-0.2, 0) is 9.53 Å². The van der Waals surface area contributed by atoms with Gasteiger partial charge in [0.05, 0.1) is 24.1 Å². The summed E-state index contributed by atoms with van der Waals surface area (Å²) in [5.74, 6) is -1.10. The summed E-state index contributed by atoms with van der Waals surface area (Å²) in [5, 5.41) is 11.3. The molecule has 1 heterocycles. The summed E-state index contributed by atoms with van der Waals surface area (Å²) in [6.45, 7) is 2.00. The van der Waals surface area contributed by atoms with Crippen LogP contribution >= 0.6 is 0 Å². The highest BCUT2D eigenvalue weighted by Gasteiger charge is 2.26. The average molecular weight is 337 g/mol. The fraction of sp³-hybridized carbons (Fsp3) is 0.200. The molecule has 5 nitrogen and oxygen atoms in total. The first-order chi connectivity index (χ1) is 12.1. The lowest BCUT2D eigenvalue weighted by Gasteiger charge is -2.18. The maximum absolute atomic E-state index is 12.6. The third-order valence-corrected chi connectivity index (χ3v) is 4.16. The molecule has 25 heavy (non-hydrogen) atoms. The Morgan fingerprint density at radius 2 is 1.80 bits per heavy atom. The molecule has 1 unspecified atom stereocenters. The van der Waals surface area contributed by atoms with Crippen molar-refractivity contribution in [1.82, 2.24) is 4.98 Å². The van der Waals surface area contributed by atoms with Crippen LogP contribution in [0.15, 0.2) is 59.4 Å². The van der Waals surface area contributed by atoms with Crippen LogP contribution in [0.5, 0.6) is 5.75 Å². The Hall–Kier alpha value is -3.08. The molecule has 0 radical (unpaired) electrons. The number of para-hydroxylation sites is 1. The number of fused-ring (bicyclic) bond motifs is 1. The van der Waals surface area contributed by atoms with E-state index >= 15 is 0 Å². The Labute approximate surface area is 144 Å². The minimum absolute atomic E-state index is 0.0210. The molecule has 128 valence electrons. The zero-order valence-electron chi connectivity index (χ0n) is 13.9. The van der Waals surface area contributed by atoms with Crippen LogP contribution in [0.1, 0.15) is 30.4 Å². The van der Waals surface area contributed by atoms with Gasteiger partial charge in [-0.3, -0.25) is 9.59 Å². The van der Waals surface area contributed by atoms with Crippen LogP contribution in [0.25, 0.3) is 10.9 Å². The number of aromatic nitrogens is 1. The second-order valence-corrected chi connectivity index (χ2v) is 5.73. The number of esters is 1. The Bertz CT molecular complexity index is 947. The Morgan fingerprint density at radius 3 is 2.52 bits per heavy atom. The van der Waals surface area contributed by atoms with Crippen molar-refractivity contribution in [2.75, 3.05) is 6.61 Å². The van der Waals surface area contributed by atoms with E-state index in [2.05, 4.69) is 4.98 Å². The molecule has 5 heteroatoms. The molecule has 0 saturated heterocycles. The third-order valence-electron chi connectivity index (χ3n) is 4.16. The van der Waals surface area contributed by atoms with Gasteiger partial charge in [0.25, 0.3) is 5.56 Å². The van der Waals surface area contributed by atoms with E-state index in [4.69, 9.17) is 4.74 Å². The lowest BCUT2D eigenvalue weighted by molar-refractivity contribution is -0.143. The normalized spacial score (nSPS) is 12.0. The van der Waals surface area contributed by atoms with Crippen molar-refractivity contribution in [1.29, 1.82) is 0 Å². The summed E-state index contributed by atoms with van der Waals surface area (Å²) in [6.07, 6.45) is -0.0210. The zero-order valence-corrected chi connectivity index (χ0v) is 13.9. The number of benzene rings is 2. The first-order valence-electron chi connectivity index (χ1n) is 8.16. The molecule has 0 amide bonds. The predicted molar refractivity (Wildman–Crippen MR) is 95.8 cm³/mol. The molecule has 0 bridgehead atoms. The third kappa shape index (κ3) is 3.40. The SMILES string of the molecule is CCOC(=O)CC(c1ccccc1)c1c(O)c2ccccc2[nH]c1=O. The van der Waals surface area contributed by atoms with Crippen molar-refractivity contribution in [3.63, 3.8) is 0 Å². The van der Waals surface area contributed by atoms with Gasteiger partial charge in [0, 0.05) is 11.3 Å². The molecular weight excluding hydrogens is 318 g/mol. The van der Waals surface area contributed by atoms with Gasteiger partial charge in [0.2, 0.25) is 0 Å². The first-order valence-corrected chi connectivity index (χ1v) is 8.16. The molecule has 0 spiro atoms. The summed E-state index contributed by atoms with van der Waals surface area (Å²) in [4.78, 5) is 27.5. The fourth-order valence-corrected chi connectivity index (χ4v) is 3.02. The van der Waals surface area contributed by atoms with E-state index in [0.29, 0.717) is 10.9 Å². The average Bonchev–Trinajstić information content (AvgIpc) is 2.62. The summed E-state index contributed by atoms with van der Waals surface area (Å²) in [6, 6.07) is 16.2. The highest BCUT2D eigenvalue weighted by atomic mass is 16.5.